The van der Waals surface area contributed by atoms with Gasteiger partial charge in [0, 0.05) is 16.7 Å². The molecule has 0 fully saturated rings. The van der Waals surface area contributed by atoms with Gasteiger partial charge in [0.2, 0.25) is 0 Å². The van der Waals surface area contributed by atoms with Crippen molar-refractivity contribution in [2.75, 3.05) is 24.4 Å². The zero-order valence-corrected chi connectivity index (χ0v) is 14.5. The molecule has 2 amide bonds. The molecule has 2 heterocycles. The number of thiophene rings is 1. The van der Waals surface area contributed by atoms with E-state index in [-0.39, 0.29) is 18.4 Å². The number of carbonyl (C=O) groups excluding carboxylic acids is 2. The smallest absolute Gasteiger partial charge is 0.272 e. The maximum absolute atomic E-state index is 12.9. The van der Waals surface area contributed by atoms with Crippen molar-refractivity contribution in [3.63, 3.8) is 0 Å². The Morgan fingerprint density at radius 1 is 1.21 bits per heavy atom. The van der Waals surface area contributed by atoms with Crippen LogP contribution in [0.4, 0.5) is 5.69 Å². The van der Waals surface area contributed by atoms with Crippen LogP contribution in [0.5, 0.6) is 5.75 Å². The minimum atomic E-state index is -0.366. The molecule has 1 aromatic heterocycles. The second-order valence-electron chi connectivity index (χ2n) is 4.90. The summed E-state index contributed by atoms with van der Waals surface area (Å²) in [6, 6.07) is 10.5. The first-order chi connectivity index (χ1) is 11.7. The molecule has 0 saturated carbocycles. The lowest BCUT2D eigenvalue weighted by Crippen LogP contribution is -2.31. The Hall–Kier alpha value is -2.09. The molecule has 3 rings (SSSR count). The van der Waals surface area contributed by atoms with Crippen LogP contribution in [-0.4, -0.2) is 36.4 Å². The molecular weight excluding hydrogens is 346 g/mol. The number of thioether (sulfide) groups is 1. The number of aliphatic hydroxyl groups excluding tert-OH is 1. The standard InChI is InChI=1S/C17H15NO4S2/c1-22-12-5-2-4-11(10-12)18-16(20)14(13-6-3-8-23-13)15(17(18)21)24-9-7-19/h2-6,8,10,19H,7,9H2,1H3. The molecule has 1 aliphatic rings. The predicted octanol–water partition coefficient (Wildman–Crippen LogP) is 2.77. The summed E-state index contributed by atoms with van der Waals surface area (Å²) >= 11 is 2.61. The van der Waals surface area contributed by atoms with Crippen LogP contribution in [0.15, 0.2) is 46.7 Å². The van der Waals surface area contributed by atoms with Crippen LogP contribution in [-0.2, 0) is 9.59 Å². The van der Waals surface area contributed by atoms with Crippen LogP contribution in [0, 0.1) is 0 Å². The van der Waals surface area contributed by atoms with Crippen molar-refractivity contribution < 1.29 is 19.4 Å². The number of aliphatic hydroxyl groups is 1. The largest absolute Gasteiger partial charge is 0.497 e. The number of benzene rings is 1. The first-order valence-electron chi connectivity index (χ1n) is 7.22. The van der Waals surface area contributed by atoms with Crippen molar-refractivity contribution in [1.29, 1.82) is 0 Å². The van der Waals surface area contributed by atoms with E-state index in [4.69, 9.17) is 9.84 Å². The molecular formula is C17H15NO4S2. The minimum Gasteiger partial charge on any atom is -0.497 e. The molecule has 7 heteroatoms. The van der Waals surface area contributed by atoms with E-state index in [1.54, 1.807) is 24.3 Å². The Balaban J connectivity index is 2.04. The number of imide groups is 1. The molecule has 1 N–H and O–H groups in total. The lowest BCUT2D eigenvalue weighted by atomic mass is 10.2. The molecule has 24 heavy (non-hydrogen) atoms. The van der Waals surface area contributed by atoms with Crippen LogP contribution < -0.4 is 9.64 Å². The topological polar surface area (TPSA) is 66.8 Å². The van der Waals surface area contributed by atoms with E-state index < -0.39 is 0 Å². The van der Waals surface area contributed by atoms with Gasteiger partial charge in [-0.2, -0.15) is 0 Å². The minimum absolute atomic E-state index is 0.0630. The summed E-state index contributed by atoms with van der Waals surface area (Å²) in [5.74, 6) is 0.211. The number of rotatable bonds is 6. The predicted molar refractivity (Wildman–Crippen MR) is 96.3 cm³/mol. The van der Waals surface area contributed by atoms with Gasteiger partial charge in [0.25, 0.3) is 11.8 Å². The summed E-state index contributed by atoms with van der Waals surface area (Å²) in [7, 11) is 1.53. The molecule has 1 aromatic carbocycles. The highest BCUT2D eigenvalue weighted by atomic mass is 32.2. The van der Waals surface area contributed by atoms with Crippen LogP contribution in [0.25, 0.3) is 5.57 Å². The van der Waals surface area contributed by atoms with E-state index in [1.807, 2.05) is 17.5 Å². The van der Waals surface area contributed by atoms with Gasteiger partial charge in [0.15, 0.2) is 0 Å². The van der Waals surface area contributed by atoms with Crippen LogP contribution in [0.2, 0.25) is 0 Å². The van der Waals surface area contributed by atoms with E-state index in [0.29, 0.717) is 27.7 Å². The van der Waals surface area contributed by atoms with Crippen LogP contribution in [0.3, 0.4) is 0 Å². The summed E-state index contributed by atoms with van der Waals surface area (Å²) in [5.41, 5.74) is 0.870. The van der Waals surface area contributed by atoms with Crippen molar-refractivity contribution in [2.45, 2.75) is 0 Å². The molecule has 5 nitrogen and oxygen atoms in total. The normalized spacial score (nSPS) is 14.7. The highest BCUT2D eigenvalue weighted by Gasteiger charge is 2.40. The molecule has 0 spiro atoms. The van der Waals surface area contributed by atoms with Gasteiger partial charge in [-0.15, -0.1) is 23.1 Å². The van der Waals surface area contributed by atoms with Crippen LogP contribution in [0.1, 0.15) is 4.88 Å². The zero-order chi connectivity index (χ0) is 17.1. The van der Waals surface area contributed by atoms with E-state index >= 15 is 0 Å². The zero-order valence-electron chi connectivity index (χ0n) is 12.9. The number of hydrogen-bond acceptors (Lipinski definition) is 6. The molecule has 0 radical (unpaired) electrons. The third-order valence-corrected chi connectivity index (χ3v) is 5.40. The Morgan fingerprint density at radius 2 is 2.04 bits per heavy atom. The van der Waals surface area contributed by atoms with E-state index in [9.17, 15) is 9.59 Å². The molecule has 1 aliphatic heterocycles. The van der Waals surface area contributed by atoms with E-state index in [2.05, 4.69) is 0 Å². The Labute approximate surface area is 147 Å². The number of nitrogens with zero attached hydrogens (tertiary/aromatic N) is 1. The number of amides is 2. The fourth-order valence-corrected chi connectivity index (χ4v) is 4.10. The summed E-state index contributed by atoms with van der Waals surface area (Å²) in [5, 5.41) is 10.9. The highest BCUT2D eigenvalue weighted by molar-refractivity contribution is 8.04. The van der Waals surface area contributed by atoms with Gasteiger partial charge in [0.05, 0.1) is 29.9 Å². The molecule has 124 valence electrons. The lowest BCUT2D eigenvalue weighted by Gasteiger charge is -2.15. The van der Waals surface area contributed by atoms with Gasteiger partial charge in [-0.1, -0.05) is 12.1 Å². The molecule has 0 saturated heterocycles. The third kappa shape index (κ3) is 2.98. The SMILES string of the molecule is COc1cccc(N2C(=O)C(SCCO)=C(c3cccs3)C2=O)c1. The third-order valence-electron chi connectivity index (χ3n) is 3.46. The summed E-state index contributed by atoms with van der Waals surface area (Å²) in [6.07, 6.45) is 0. The van der Waals surface area contributed by atoms with Gasteiger partial charge >= 0.3 is 0 Å². The number of hydrogen-bond donors (Lipinski definition) is 1. The average molecular weight is 361 g/mol. The maximum Gasteiger partial charge on any atom is 0.272 e. The maximum atomic E-state index is 12.9. The molecule has 0 atom stereocenters. The molecule has 0 unspecified atom stereocenters. The number of carbonyl (C=O) groups is 2. The monoisotopic (exact) mass is 361 g/mol. The first kappa shape index (κ1) is 16.8. The summed E-state index contributed by atoms with van der Waals surface area (Å²) < 4.78 is 5.18. The summed E-state index contributed by atoms with van der Waals surface area (Å²) in [6.45, 7) is -0.0630. The lowest BCUT2D eigenvalue weighted by molar-refractivity contribution is -0.119. The fourth-order valence-electron chi connectivity index (χ4n) is 2.41. The molecule has 2 aromatic rings. The first-order valence-corrected chi connectivity index (χ1v) is 9.08. The average Bonchev–Trinajstić information content (AvgIpc) is 3.19. The van der Waals surface area contributed by atoms with Gasteiger partial charge in [-0.05, 0) is 23.6 Å². The Bertz CT molecular complexity index is 799. The van der Waals surface area contributed by atoms with E-state index in [0.717, 1.165) is 9.78 Å². The second-order valence-corrected chi connectivity index (χ2v) is 6.95. The van der Waals surface area contributed by atoms with E-state index in [1.165, 1.54) is 30.2 Å². The van der Waals surface area contributed by atoms with Crippen molar-refractivity contribution >= 4 is 46.2 Å². The Morgan fingerprint density at radius 3 is 2.71 bits per heavy atom. The van der Waals surface area contributed by atoms with Crippen LogP contribution >= 0.6 is 23.1 Å². The van der Waals surface area contributed by atoms with Crippen molar-refractivity contribution in [3.05, 3.63) is 51.6 Å². The highest BCUT2D eigenvalue weighted by Crippen LogP contribution is 2.40. The van der Waals surface area contributed by atoms with Gasteiger partial charge < -0.3 is 9.84 Å². The van der Waals surface area contributed by atoms with Gasteiger partial charge in [0.1, 0.15) is 5.75 Å². The quantitative estimate of drug-likeness (QED) is 0.802. The van der Waals surface area contributed by atoms with Gasteiger partial charge in [-0.25, -0.2) is 4.90 Å². The second kappa shape index (κ2) is 7.21. The Kier molecular flexibility index (Phi) is 5.03. The number of methoxy groups -OCH3 is 1. The molecule has 0 bridgehead atoms. The number of anilines is 1. The number of ether oxygens (including phenoxy) is 1. The van der Waals surface area contributed by atoms with Crippen molar-refractivity contribution in [1.82, 2.24) is 0 Å². The summed E-state index contributed by atoms with van der Waals surface area (Å²) in [4.78, 5) is 28.0. The van der Waals surface area contributed by atoms with Gasteiger partial charge in [-0.3, -0.25) is 9.59 Å². The molecule has 0 aliphatic carbocycles. The fraction of sp³-hybridized carbons (Fsp3) is 0.176. The van der Waals surface area contributed by atoms with Crippen molar-refractivity contribution in [2.24, 2.45) is 0 Å². The van der Waals surface area contributed by atoms with Crippen molar-refractivity contribution in [3.8, 4) is 5.75 Å².